The van der Waals surface area contributed by atoms with Gasteiger partial charge in [0, 0.05) is 37.0 Å². The van der Waals surface area contributed by atoms with Crippen LogP contribution in [0.1, 0.15) is 22.3 Å². The predicted octanol–water partition coefficient (Wildman–Crippen LogP) is 5.37. The first-order valence-corrected chi connectivity index (χ1v) is 16.9. The summed E-state index contributed by atoms with van der Waals surface area (Å²) in [6, 6.07) is 26.8. The van der Waals surface area contributed by atoms with Crippen LogP contribution in [0.2, 0.25) is 0 Å². The largest absolute Gasteiger partial charge is 0.508 e. The van der Waals surface area contributed by atoms with Gasteiger partial charge in [-0.15, -0.1) is 6.58 Å². The molecule has 2 heterocycles. The van der Waals surface area contributed by atoms with Crippen LogP contribution in [0.15, 0.2) is 110 Å². The molecule has 6 rings (SSSR count). The predicted molar refractivity (Wildman–Crippen MR) is 195 cm³/mol. The number of carbonyl (C=O) groups excluding carboxylic acids is 3. The summed E-state index contributed by atoms with van der Waals surface area (Å²) in [5.41, 5.74) is 5.19. The first kappa shape index (κ1) is 34.9. The van der Waals surface area contributed by atoms with Crippen LogP contribution < -0.4 is 16.0 Å². The minimum absolute atomic E-state index is 0.0209. The first-order chi connectivity index (χ1) is 24.7. The standard InChI is InChI=1S/C40H41FN6O4/c1-3-20-42-23-36(49)47-34(21-27-16-18-30(48)19-17-27)39(50)46(25-35(47)44-40(51)43-22-28-10-5-4-6-11-28)24-29-12-9-14-31-26(2)37(45-38(29)31)32-13-7-8-15-33(32)41/h3-19,34-35,42,45,48H,1,20-25H2,2H3,(H2,43,44,51)/t34-,35+/m0/s1. The topological polar surface area (TPSA) is 130 Å². The number of benzene rings is 4. The zero-order valence-corrected chi connectivity index (χ0v) is 28.4. The summed E-state index contributed by atoms with van der Waals surface area (Å²) in [6.45, 7) is 6.40. The highest BCUT2D eigenvalue weighted by molar-refractivity contribution is 5.94. The average Bonchev–Trinajstić information content (AvgIpc) is 3.47. The molecule has 0 spiro atoms. The van der Waals surface area contributed by atoms with Gasteiger partial charge >= 0.3 is 6.03 Å². The Labute approximate surface area is 296 Å². The Morgan fingerprint density at radius 3 is 2.47 bits per heavy atom. The van der Waals surface area contributed by atoms with Crippen molar-refractivity contribution < 1.29 is 23.9 Å². The molecule has 262 valence electrons. The summed E-state index contributed by atoms with van der Waals surface area (Å²) in [4.78, 5) is 48.3. The Kier molecular flexibility index (Phi) is 10.8. The van der Waals surface area contributed by atoms with Gasteiger partial charge < -0.3 is 35.8 Å². The van der Waals surface area contributed by atoms with Crippen LogP contribution in [0.4, 0.5) is 9.18 Å². The van der Waals surface area contributed by atoms with E-state index in [-0.39, 0.29) is 56.0 Å². The molecule has 1 aromatic heterocycles. The van der Waals surface area contributed by atoms with Gasteiger partial charge in [-0.05, 0) is 53.4 Å². The number of phenols is 1. The molecule has 0 unspecified atom stereocenters. The van der Waals surface area contributed by atoms with Crippen molar-refractivity contribution in [3.8, 4) is 17.0 Å². The highest BCUT2D eigenvalue weighted by Gasteiger charge is 2.43. The van der Waals surface area contributed by atoms with Crippen molar-refractivity contribution in [2.24, 2.45) is 0 Å². The molecule has 1 saturated heterocycles. The summed E-state index contributed by atoms with van der Waals surface area (Å²) in [7, 11) is 0. The number of aromatic hydroxyl groups is 1. The summed E-state index contributed by atoms with van der Waals surface area (Å²) in [6.07, 6.45) is 0.908. The molecular weight excluding hydrogens is 647 g/mol. The Hall–Kier alpha value is -5.94. The van der Waals surface area contributed by atoms with Crippen LogP contribution in [-0.2, 0) is 29.1 Å². The van der Waals surface area contributed by atoms with Crippen LogP contribution in [0, 0.1) is 12.7 Å². The number of aromatic nitrogens is 1. The number of urea groups is 1. The molecule has 1 fully saturated rings. The van der Waals surface area contributed by atoms with Crippen LogP contribution in [0.25, 0.3) is 22.2 Å². The monoisotopic (exact) mass is 688 g/mol. The minimum atomic E-state index is -0.973. The van der Waals surface area contributed by atoms with Crippen molar-refractivity contribution in [1.82, 2.24) is 30.7 Å². The van der Waals surface area contributed by atoms with Crippen molar-refractivity contribution in [3.05, 3.63) is 138 Å². The molecule has 51 heavy (non-hydrogen) atoms. The molecule has 0 saturated carbocycles. The van der Waals surface area contributed by atoms with E-state index in [0.29, 0.717) is 17.8 Å². The Balaban J connectivity index is 1.35. The van der Waals surface area contributed by atoms with E-state index in [0.717, 1.165) is 33.2 Å². The van der Waals surface area contributed by atoms with Gasteiger partial charge in [-0.2, -0.15) is 0 Å². The Morgan fingerprint density at radius 1 is 0.980 bits per heavy atom. The molecule has 4 amide bonds. The number of rotatable bonds is 12. The Bertz CT molecular complexity index is 2030. The fourth-order valence-corrected chi connectivity index (χ4v) is 6.62. The number of amides is 4. The fourth-order valence-electron chi connectivity index (χ4n) is 6.62. The second-order valence-electron chi connectivity index (χ2n) is 12.6. The molecule has 0 radical (unpaired) electrons. The molecule has 5 aromatic rings. The smallest absolute Gasteiger partial charge is 0.316 e. The highest BCUT2D eigenvalue weighted by Crippen LogP contribution is 2.33. The number of carbonyl (C=O) groups is 3. The minimum Gasteiger partial charge on any atom is -0.508 e. The number of piperazine rings is 1. The summed E-state index contributed by atoms with van der Waals surface area (Å²) in [5, 5.41) is 19.7. The lowest BCUT2D eigenvalue weighted by Crippen LogP contribution is -2.69. The maximum Gasteiger partial charge on any atom is 0.316 e. The summed E-state index contributed by atoms with van der Waals surface area (Å²) < 4.78 is 14.9. The van der Waals surface area contributed by atoms with Gasteiger partial charge in [-0.25, -0.2) is 9.18 Å². The zero-order valence-electron chi connectivity index (χ0n) is 28.4. The highest BCUT2D eigenvalue weighted by atomic mass is 19.1. The normalized spacial score (nSPS) is 15.9. The maximum absolute atomic E-state index is 14.9. The van der Waals surface area contributed by atoms with Gasteiger partial charge in [-0.3, -0.25) is 9.59 Å². The fraction of sp³-hybridized carbons (Fsp3) is 0.225. The number of aryl methyl sites for hydroxylation is 1. The summed E-state index contributed by atoms with van der Waals surface area (Å²) >= 11 is 0. The van der Waals surface area contributed by atoms with Crippen LogP contribution >= 0.6 is 0 Å². The molecule has 1 aliphatic rings. The van der Waals surface area contributed by atoms with Crippen molar-refractivity contribution in [2.45, 2.75) is 38.6 Å². The third-order valence-corrected chi connectivity index (χ3v) is 9.16. The second kappa shape index (κ2) is 15.7. The second-order valence-corrected chi connectivity index (χ2v) is 12.6. The SMILES string of the molecule is C=CCNCC(=O)N1[C@@H](NC(=O)NCc2ccccc2)CN(Cc2cccc3c(C)c(-c4ccccc4F)[nH]c23)C(=O)[C@@H]1Cc1ccc(O)cc1. The van der Waals surface area contributed by atoms with Gasteiger partial charge in [0.15, 0.2) is 0 Å². The number of phenolic OH excluding ortho intramolecular Hbond substituents is 1. The van der Waals surface area contributed by atoms with E-state index in [1.807, 2.05) is 55.5 Å². The number of nitrogens with one attached hydrogen (secondary N) is 4. The number of aromatic amines is 1. The van der Waals surface area contributed by atoms with Crippen LogP contribution in [0.3, 0.4) is 0 Å². The lowest BCUT2D eigenvalue weighted by Gasteiger charge is -2.46. The number of halogens is 1. The number of hydrogen-bond acceptors (Lipinski definition) is 5. The number of nitrogens with zero attached hydrogens (tertiary/aromatic N) is 2. The molecule has 4 aromatic carbocycles. The van der Waals surface area contributed by atoms with Crippen molar-refractivity contribution in [3.63, 3.8) is 0 Å². The van der Waals surface area contributed by atoms with Gasteiger partial charge in [-0.1, -0.05) is 78.9 Å². The van der Waals surface area contributed by atoms with Crippen molar-refractivity contribution >= 4 is 28.7 Å². The maximum atomic E-state index is 14.9. The molecule has 11 heteroatoms. The summed E-state index contributed by atoms with van der Waals surface area (Å²) in [5.74, 6) is -0.921. The Morgan fingerprint density at radius 2 is 1.73 bits per heavy atom. The first-order valence-electron chi connectivity index (χ1n) is 16.9. The molecule has 10 nitrogen and oxygen atoms in total. The van der Waals surface area contributed by atoms with E-state index < -0.39 is 18.2 Å². The zero-order chi connectivity index (χ0) is 35.9. The van der Waals surface area contributed by atoms with E-state index in [9.17, 15) is 23.9 Å². The molecule has 2 atom stereocenters. The van der Waals surface area contributed by atoms with Gasteiger partial charge in [0.2, 0.25) is 11.8 Å². The van der Waals surface area contributed by atoms with Gasteiger partial charge in [0.25, 0.3) is 0 Å². The van der Waals surface area contributed by atoms with E-state index in [1.54, 1.807) is 41.3 Å². The van der Waals surface area contributed by atoms with Gasteiger partial charge in [0.1, 0.15) is 23.8 Å². The molecule has 1 aliphatic heterocycles. The van der Waals surface area contributed by atoms with Crippen molar-refractivity contribution in [1.29, 1.82) is 0 Å². The molecule has 0 aliphatic carbocycles. The molecular formula is C40H41FN6O4. The van der Waals surface area contributed by atoms with E-state index in [2.05, 4.69) is 27.5 Å². The lowest BCUT2D eigenvalue weighted by atomic mass is 9.98. The van der Waals surface area contributed by atoms with Gasteiger partial charge in [0.05, 0.1) is 24.3 Å². The van der Waals surface area contributed by atoms with Crippen molar-refractivity contribution in [2.75, 3.05) is 19.6 Å². The molecule has 5 N–H and O–H groups in total. The number of hydrogen-bond donors (Lipinski definition) is 5. The van der Waals surface area contributed by atoms with E-state index in [4.69, 9.17) is 0 Å². The third-order valence-electron chi connectivity index (χ3n) is 9.16. The van der Waals surface area contributed by atoms with Crippen LogP contribution in [-0.4, -0.2) is 69.6 Å². The number of fused-ring (bicyclic) bond motifs is 1. The quantitative estimate of drug-likeness (QED) is 0.0890. The number of H-pyrrole nitrogens is 1. The number of para-hydroxylation sites is 1. The van der Waals surface area contributed by atoms with E-state index in [1.165, 1.54) is 23.1 Å². The van der Waals surface area contributed by atoms with Crippen LogP contribution in [0.5, 0.6) is 5.75 Å². The van der Waals surface area contributed by atoms with E-state index >= 15 is 0 Å². The third kappa shape index (κ3) is 7.94. The average molecular weight is 689 g/mol. The lowest BCUT2D eigenvalue weighted by molar-refractivity contribution is -0.156. The molecule has 0 bridgehead atoms.